The van der Waals surface area contributed by atoms with Gasteiger partial charge in [-0.1, -0.05) is 0 Å². The van der Waals surface area contributed by atoms with Crippen molar-refractivity contribution < 1.29 is 8.42 Å². The highest BCUT2D eigenvalue weighted by atomic mass is 32.2. The van der Waals surface area contributed by atoms with Crippen LogP contribution in [0.15, 0.2) is 0 Å². The van der Waals surface area contributed by atoms with Gasteiger partial charge < -0.3 is 0 Å². The van der Waals surface area contributed by atoms with Gasteiger partial charge in [-0.15, -0.1) is 11.3 Å². The first kappa shape index (κ1) is 13.6. The van der Waals surface area contributed by atoms with E-state index in [4.69, 9.17) is 0 Å². The highest BCUT2D eigenvalue weighted by Gasteiger charge is 2.12. The van der Waals surface area contributed by atoms with E-state index in [1.54, 1.807) is 11.3 Å². The van der Waals surface area contributed by atoms with Crippen LogP contribution in [0, 0.1) is 13.8 Å². The van der Waals surface area contributed by atoms with E-state index < -0.39 is 10.2 Å². The Morgan fingerprint density at radius 3 is 2.44 bits per heavy atom. The number of nitrogens with one attached hydrogen (secondary N) is 1. The molecule has 1 aromatic heterocycles. The molecule has 0 atom stereocenters. The predicted molar refractivity (Wildman–Crippen MR) is 65.9 cm³/mol. The third-order valence-corrected chi connectivity index (χ3v) is 4.84. The van der Waals surface area contributed by atoms with Crippen molar-refractivity contribution in [3.63, 3.8) is 0 Å². The van der Waals surface area contributed by atoms with Crippen LogP contribution in [-0.2, 0) is 16.6 Å². The Kier molecular flexibility index (Phi) is 4.43. The molecule has 7 heteroatoms. The molecule has 0 aliphatic carbocycles. The summed E-state index contributed by atoms with van der Waals surface area (Å²) in [5.74, 6) is 0. The Labute approximate surface area is 101 Å². The second-order valence-corrected chi connectivity index (χ2v) is 6.94. The molecule has 0 saturated carbocycles. The standard InChI is InChI=1S/C9H17N3O2S2/c1-7-8(2)15-9(11-7)5-6-10-16(13,14)12(3)4/h10H,5-6H2,1-4H3. The van der Waals surface area contributed by atoms with Gasteiger partial charge in [-0.25, -0.2) is 9.71 Å². The summed E-state index contributed by atoms with van der Waals surface area (Å²) >= 11 is 1.61. The van der Waals surface area contributed by atoms with Gasteiger partial charge in [-0.2, -0.15) is 12.7 Å². The maximum Gasteiger partial charge on any atom is 0.278 e. The van der Waals surface area contributed by atoms with Gasteiger partial charge in [0.2, 0.25) is 0 Å². The van der Waals surface area contributed by atoms with Crippen LogP contribution in [0.2, 0.25) is 0 Å². The van der Waals surface area contributed by atoms with Gasteiger partial charge in [0, 0.05) is 31.9 Å². The SMILES string of the molecule is Cc1nc(CCNS(=O)(=O)N(C)C)sc1C. The van der Waals surface area contributed by atoms with Crippen LogP contribution < -0.4 is 4.72 Å². The lowest BCUT2D eigenvalue weighted by molar-refractivity contribution is 0.506. The molecule has 0 unspecified atom stereocenters. The van der Waals surface area contributed by atoms with Gasteiger partial charge >= 0.3 is 0 Å². The van der Waals surface area contributed by atoms with Crippen molar-refractivity contribution in [2.24, 2.45) is 0 Å². The molecule has 5 nitrogen and oxygen atoms in total. The topological polar surface area (TPSA) is 62.3 Å². The van der Waals surface area contributed by atoms with E-state index in [1.807, 2.05) is 13.8 Å². The van der Waals surface area contributed by atoms with E-state index >= 15 is 0 Å². The maximum absolute atomic E-state index is 11.4. The van der Waals surface area contributed by atoms with Gasteiger partial charge in [-0.3, -0.25) is 0 Å². The summed E-state index contributed by atoms with van der Waals surface area (Å²) in [6.07, 6.45) is 0.631. The molecule has 16 heavy (non-hydrogen) atoms. The van der Waals surface area contributed by atoms with Gasteiger partial charge in [0.1, 0.15) is 0 Å². The summed E-state index contributed by atoms with van der Waals surface area (Å²) in [6.45, 7) is 4.35. The zero-order valence-corrected chi connectivity index (χ0v) is 11.6. The Hall–Kier alpha value is -0.500. The van der Waals surface area contributed by atoms with Crippen LogP contribution in [0.5, 0.6) is 0 Å². The van der Waals surface area contributed by atoms with Gasteiger partial charge in [-0.05, 0) is 13.8 Å². The second kappa shape index (κ2) is 5.22. The maximum atomic E-state index is 11.4. The first-order chi connectivity index (χ1) is 7.33. The van der Waals surface area contributed by atoms with Crippen molar-refractivity contribution >= 4 is 21.5 Å². The van der Waals surface area contributed by atoms with E-state index in [2.05, 4.69) is 9.71 Å². The molecule has 0 aliphatic heterocycles. The largest absolute Gasteiger partial charge is 0.278 e. The molecule has 1 aromatic rings. The zero-order chi connectivity index (χ0) is 12.3. The normalized spacial score (nSPS) is 12.3. The van der Waals surface area contributed by atoms with Gasteiger partial charge in [0.15, 0.2) is 0 Å². The Morgan fingerprint density at radius 1 is 1.38 bits per heavy atom. The molecule has 1 heterocycles. The van der Waals surface area contributed by atoms with Gasteiger partial charge in [0.05, 0.1) is 10.7 Å². The van der Waals surface area contributed by atoms with E-state index in [0.717, 1.165) is 15.0 Å². The molecular formula is C9H17N3O2S2. The highest BCUT2D eigenvalue weighted by Crippen LogP contribution is 2.16. The molecule has 0 aromatic carbocycles. The molecule has 0 amide bonds. The molecule has 0 aliphatic rings. The Balaban J connectivity index is 2.48. The van der Waals surface area contributed by atoms with Crippen LogP contribution in [0.25, 0.3) is 0 Å². The molecule has 0 fully saturated rings. The average Bonchev–Trinajstić information content (AvgIpc) is 2.45. The van der Waals surface area contributed by atoms with Crippen molar-refractivity contribution in [1.82, 2.24) is 14.0 Å². The smallest absolute Gasteiger partial charge is 0.246 e. The molecule has 0 saturated heterocycles. The molecule has 0 spiro atoms. The fourth-order valence-electron chi connectivity index (χ4n) is 1.06. The van der Waals surface area contributed by atoms with Crippen LogP contribution in [0.1, 0.15) is 15.6 Å². The minimum absolute atomic E-state index is 0.382. The summed E-state index contributed by atoms with van der Waals surface area (Å²) in [7, 11) is -0.311. The van der Waals surface area contributed by atoms with Crippen LogP contribution >= 0.6 is 11.3 Å². The first-order valence-electron chi connectivity index (χ1n) is 4.93. The van der Waals surface area contributed by atoms with E-state index in [9.17, 15) is 8.42 Å². The third kappa shape index (κ3) is 3.51. The quantitative estimate of drug-likeness (QED) is 0.850. The fourth-order valence-corrected chi connectivity index (χ4v) is 2.61. The molecule has 1 N–H and O–H groups in total. The minimum Gasteiger partial charge on any atom is -0.246 e. The minimum atomic E-state index is -3.31. The van der Waals surface area contributed by atoms with Crippen molar-refractivity contribution in [2.75, 3.05) is 20.6 Å². The lowest BCUT2D eigenvalue weighted by Gasteiger charge is -2.11. The number of nitrogens with zero attached hydrogens (tertiary/aromatic N) is 2. The number of aromatic nitrogens is 1. The van der Waals surface area contributed by atoms with E-state index in [-0.39, 0.29) is 0 Å². The number of aryl methyl sites for hydroxylation is 2. The van der Waals surface area contributed by atoms with Crippen molar-refractivity contribution in [2.45, 2.75) is 20.3 Å². The number of thiazole rings is 1. The van der Waals surface area contributed by atoms with Crippen LogP contribution in [-0.4, -0.2) is 38.3 Å². The van der Waals surface area contributed by atoms with E-state index in [1.165, 1.54) is 19.0 Å². The fraction of sp³-hybridized carbons (Fsp3) is 0.667. The second-order valence-electron chi connectivity index (χ2n) is 3.68. The Bertz CT molecular complexity index is 432. The van der Waals surface area contributed by atoms with E-state index in [0.29, 0.717) is 13.0 Å². The number of hydrogen-bond acceptors (Lipinski definition) is 4. The summed E-state index contributed by atoms with van der Waals surface area (Å²) in [4.78, 5) is 5.53. The lowest BCUT2D eigenvalue weighted by atomic mass is 10.4. The molecular weight excluding hydrogens is 246 g/mol. The molecule has 0 bridgehead atoms. The number of rotatable bonds is 5. The average molecular weight is 263 g/mol. The van der Waals surface area contributed by atoms with Crippen molar-refractivity contribution in [1.29, 1.82) is 0 Å². The molecule has 92 valence electrons. The van der Waals surface area contributed by atoms with Gasteiger partial charge in [0.25, 0.3) is 10.2 Å². The lowest BCUT2D eigenvalue weighted by Crippen LogP contribution is -2.36. The monoisotopic (exact) mass is 263 g/mol. The zero-order valence-electron chi connectivity index (χ0n) is 9.94. The van der Waals surface area contributed by atoms with Crippen molar-refractivity contribution in [3.8, 4) is 0 Å². The summed E-state index contributed by atoms with van der Waals surface area (Å²) < 4.78 is 26.4. The first-order valence-corrected chi connectivity index (χ1v) is 7.18. The summed E-state index contributed by atoms with van der Waals surface area (Å²) in [6, 6.07) is 0. The highest BCUT2D eigenvalue weighted by molar-refractivity contribution is 7.87. The Morgan fingerprint density at radius 2 is 2.00 bits per heavy atom. The predicted octanol–water partition coefficient (Wildman–Crippen LogP) is 0.698. The summed E-state index contributed by atoms with van der Waals surface area (Å²) in [5.41, 5.74) is 1.02. The molecule has 1 rings (SSSR count). The molecule has 0 radical (unpaired) electrons. The third-order valence-electron chi connectivity index (χ3n) is 2.18. The van der Waals surface area contributed by atoms with Crippen LogP contribution in [0.3, 0.4) is 0 Å². The number of hydrogen-bond donors (Lipinski definition) is 1. The van der Waals surface area contributed by atoms with Crippen LogP contribution in [0.4, 0.5) is 0 Å². The summed E-state index contributed by atoms with van der Waals surface area (Å²) in [5, 5.41) is 0.969. The van der Waals surface area contributed by atoms with Crippen molar-refractivity contribution in [3.05, 3.63) is 15.6 Å².